The molecule has 0 spiro atoms. The van der Waals surface area contributed by atoms with Gasteiger partial charge in [0, 0.05) is 5.69 Å². The smallest absolute Gasteiger partial charge is 0.242 e. The van der Waals surface area contributed by atoms with Gasteiger partial charge in [-0.25, -0.2) is 0 Å². The van der Waals surface area contributed by atoms with Crippen LogP contribution in [0.4, 0.5) is 5.69 Å². The van der Waals surface area contributed by atoms with Crippen LogP contribution in [0.15, 0.2) is 30.3 Å². The van der Waals surface area contributed by atoms with Crippen LogP contribution in [0.1, 0.15) is 6.92 Å². The van der Waals surface area contributed by atoms with Crippen LogP contribution >= 0.6 is 11.6 Å². The molecule has 1 rings (SSSR count). The predicted octanol–water partition coefficient (Wildman–Crippen LogP) is 2.28. The lowest BCUT2D eigenvalue weighted by molar-refractivity contribution is -0.116. The summed E-state index contributed by atoms with van der Waals surface area (Å²) in [4.78, 5) is 13.1. The van der Waals surface area contributed by atoms with Crippen molar-refractivity contribution in [3.05, 3.63) is 30.3 Å². The molecule has 0 aliphatic carbocycles. The summed E-state index contributed by atoms with van der Waals surface area (Å²) in [5.41, 5.74) is 0.772. The summed E-state index contributed by atoms with van der Waals surface area (Å²) in [6.45, 7) is 1.79. The van der Waals surface area contributed by atoms with E-state index < -0.39 is 0 Å². The molecule has 0 saturated heterocycles. The number of carbonyl (C=O) groups is 1. The van der Waals surface area contributed by atoms with Crippen LogP contribution < -0.4 is 4.90 Å². The van der Waals surface area contributed by atoms with Crippen LogP contribution in [-0.4, -0.2) is 17.8 Å². The second-order valence-corrected chi connectivity index (χ2v) is 3.34. The Kier molecular flexibility index (Phi) is 4.20. The van der Waals surface area contributed by atoms with Gasteiger partial charge in [0.2, 0.25) is 5.91 Å². The number of rotatable bonds is 3. The molecule has 0 aliphatic heterocycles. The van der Waals surface area contributed by atoms with Gasteiger partial charge in [-0.15, -0.1) is 18.0 Å². The minimum Gasteiger partial charge on any atom is -0.297 e. The van der Waals surface area contributed by atoms with Crippen molar-refractivity contribution >= 4 is 23.2 Å². The molecule has 1 atom stereocenters. The summed E-state index contributed by atoms with van der Waals surface area (Å²) in [6, 6.07) is 8.96. The number of alkyl halides is 1. The van der Waals surface area contributed by atoms with Gasteiger partial charge in [-0.05, 0) is 19.1 Å². The summed E-state index contributed by atoms with van der Waals surface area (Å²) in [5.74, 6) is 2.27. The van der Waals surface area contributed by atoms with Crippen LogP contribution in [-0.2, 0) is 4.79 Å². The van der Waals surface area contributed by atoms with Crippen molar-refractivity contribution in [1.29, 1.82) is 0 Å². The number of para-hydroxylation sites is 1. The van der Waals surface area contributed by atoms with Crippen LogP contribution in [0.2, 0.25) is 0 Å². The molecule has 1 aromatic rings. The number of amides is 1. The first-order valence-corrected chi connectivity index (χ1v) is 5.13. The number of halogens is 1. The molecule has 0 bridgehead atoms. The third-order valence-corrected chi connectivity index (χ3v) is 2.27. The molecule has 0 fully saturated rings. The van der Waals surface area contributed by atoms with Gasteiger partial charge >= 0.3 is 0 Å². The second kappa shape index (κ2) is 5.43. The summed E-state index contributed by atoms with van der Waals surface area (Å²) in [6.07, 6.45) is 5.32. The van der Waals surface area contributed by atoms with Crippen LogP contribution in [0.5, 0.6) is 0 Å². The molecule has 0 aliphatic rings. The predicted molar refractivity (Wildman–Crippen MR) is 62.9 cm³/mol. The van der Waals surface area contributed by atoms with E-state index in [0.29, 0.717) is 0 Å². The first kappa shape index (κ1) is 11.6. The number of nitrogens with zero attached hydrogens (tertiary/aromatic N) is 1. The molecule has 15 heavy (non-hydrogen) atoms. The third-order valence-electron chi connectivity index (χ3n) is 2.05. The molecule has 1 amide bonds. The van der Waals surface area contributed by atoms with Gasteiger partial charge in [0.1, 0.15) is 5.88 Å². The van der Waals surface area contributed by atoms with E-state index >= 15 is 0 Å². The molecular weight excluding hydrogens is 210 g/mol. The Morgan fingerprint density at radius 2 is 2.13 bits per heavy atom. The normalized spacial score (nSPS) is 11.5. The topological polar surface area (TPSA) is 20.3 Å². The summed E-state index contributed by atoms with van der Waals surface area (Å²) >= 11 is 5.54. The number of terminal acetylenes is 1. The van der Waals surface area contributed by atoms with Crippen molar-refractivity contribution in [3.63, 3.8) is 0 Å². The molecule has 0 heterocycles. The van der Waals surface area contributed by atoms with Gasteiger partial charge in [-0.2, -0.15) is 0 Å². The van der Waals surface area contributed by atoms with Crippen molar-refractivity contribution in [2.75, 3.05) is 10.8 Å². The second-order valence-electron chi connectivity index (χ2n) is 3.08. The number of benzene rings is 1. The van der Waals surface area contributed by atoms with Crippen molar-refractivity contribution in [3.8, 4) is 12.3 Å². The highest BCUT2D eigenvalue weighted by Gasteiger charge is 2.18. The van der Waals surface area contributed by atoms with E-state index in [9.17, 15) is 4.79 Å². The number of hydrogen-bond donors (Lipinski definition) is 0. The molecule has 0 radical (unpaired) electrons. The summed E-state index contributed by atoms with van der Waals surface area (Å²) in [7, 11) is 0. The Labute approximate surface area is 94.8 Å². The highest BCUT2D eigenvalue weighted by Crippen LogP contribution is 2.16. The Balaban J connectivity index is 3.03. The van der Waals surface area contributed by atoms with Gasteiger partial charge in [-0.1, -0.05) is 24.1 Å². The molecule has 2 nitrogen and oxygen atoms in total. The average Bonchev–Trinajstić information content (AvgIpc) is 2.30. The molecule has 1 aromatic carbocycles. The Morgan fingerprint density at radius 1 is 1.53 bits per heavy atom. The zero-order valence-electron chi connectivity index (χ0n) is 8.48. The van der Waals surface area contributed by atoms with E-state index in [2.05, 4.69) is 5.92 Å². The van der Waals surface area contributed by atoms with Crippen LogP contribution in [0.3, 0.4) is 0 Å². The van der Waals surface area contributed by atoms with Crippen LogP contribution in [0, 0.1) is 12.3 Å². The first-order valence-electron chi connectivity index (χ1n) is 4.60. The summed E-state index contributed by atoms with van der Waals surface area (Å²) < 4.78 is 0. The van der Waals surface area contributed by atoms with Crippen molar-refractivity contribution in [2.24, 2.45) is 0 Å². The monoisotopic (exact) mass is 221 g/mol. The quantitative estimate of drug-likeness (QED) is 0.567. The molecule has 0 unspecified atom stereocenters. The van der Waals surface area contributed by atoms with Crippen molar-refractivity contribution in [1.82, 2.24) is 0 Å². The average molecular weight is 222 g/mol. The lowest BCUT2D eigenvalue weighted by Crippen LogP contribution is -2.38. The SMILES string of the molecule is C#C[C@H](C)N(C(=O)CCl)c1ccccc1. The number of carbonyl (C=O) groups excluding carboxylic acids is 1. The zero-order chi connectivity index (χ0) is 11.3. The molecular formula is C12H12ClNO. The fourth-order valence-corrected chi connectivity index (χ4v) is 1.44. The minimum absolute atomic E-state index is 0.0685. The maximum Gasteiger partial charge on any atom is 0.242 e. The molecule has 0 saturated carbocycles. The molecule has 0 aromatic heterocycles. The van der Waals surface area contributed by atoms with E-state index in [1.165, 1.54) is 4.90 Å². The molecule has 3 heteroatoms. The first-order chi connectivity index (χ1) is 7.20. The minimum atomic E-state index is -0.293. The van der Waals surface area contributed by atoms with Gasteiger partial charge < -0.3 is 0 Å². The van der Waals surface area contributed by atoms with Gasteiger partial charge in [-0.3, -0.25) is 9.69 Å². The number of hydrogen-bond acceptors (Lipinski definition) is 1. The van der Waals surface area contributed by atoms with Gasteiger partial charge in [0.05, 0.1) is 6.04 Å². The standard InChI is InChI=1S/C12H12ClNO/c1-3-10(2)14(12(15)9-13)11-7-5-4-6-8-11/h1,4-8,10H,9H2,2H3/t10-/m0/s1. The highest BCUT2D eigenvalue weighted by atomic mass is 35.5. The molecule has 78 valence electrons. The van der Waals surface area contributed by atoms with Crippen molar-refractivity contribution < 1.29 is 4.79 Å². The Hall–Kier alpha value is -1.46. The Morgan fingerprint density at radius 3 is 2.60 bits per heavy atom. The highest BCUT2D eigenvalue weighted by molar-refractivity contribution is 6.29. The largest absolute Gasteiger partial charge is 0.297 e. The van der Waals surface area contributed by atoms with E-state index in [4.69, 9.17) is 18.0 Å². The van der Waals surface area contributed by atoms with Crippen LogP contribution in [0.25, 0.3) is 0 Å². The maximum absolute atomic E-state index is 11.6. The van der Waals surface area contributed by atoms with E-state index in [0.717, 1.165) is 5.69 Å². The molecule has 0 N–H and O–H groups in total. The third kappa shape index (κ3) is 2.74. The lowest BCUT2D eigenvalue weighted by Gasteiger charge is -2.25. The van der Waals surface area contributed by atoms with E-state index in [-0.39, 0.29) is 17.8 Å². The lowest BCUT2D eigenvalue weighted by atomic mass is 10.2. The maximum atomic E-state index is 11.6. The van der Waals surface area contributed by atoms with Gasteiger partial charge in [0.25, 0.3) is 0 Å². The fraction of sp³-hybridized carbons (Fsp3) is 0.250. The van der Waals surface area contributed by atoms with E-state index in [1.807, 2.05) is 30.3 Å². The Bertz CT molecular complexity index is 369. The summed E-state index contributed by atoms with van der Waals surface area (Å²) in [5, 5.41) is 0. The zero-order valence-corrected chi connectivity index (χ0v) is 9.24. The number of anilines is 1. The van der Waals surface area contributed by atoms with Gasteiger partial charge in [0.15, 0.2) is 0 Å². The van der Waals surface area contributed by atoms with Crippen molar-refractivity contribution in [2.45, 2.75) is 13.0 Å². The van der Waals surface area contributed by atoms with E-state index in [1.54, 1.807) is 6.92 Å². The fourth-order valence-electron chi connectivity index (χ4n) is 1.31.